The molecular weight excluding hydrogens is 732 g/mol. The third-order valence-corrected chi connectivity index (χ3v) is 9.03. The number of nitrogens with one attached hydrogen (secondary N) is 2. The van der Waals surface area contributed by atoms with Gasteiger partial charge in [0, 0.05) is 7.11 Å². The van der Waals surface area contributed by atoms with Crippen molar-refractivity contribution in [3.05, 3.63) is 0 Å². The van der Waals surface area contributed by atoms with E-state index in [-0.39, 0.29) is 0 Å². The van der Waals surface area contributed by atoms with Crippen molar-refractivity contribution in [2.75, 3.05) is 20.3 Å². The second-order valence-electron chi connectivity index (χ2n) is 10.7. The van der Waals surface area contributed by atoms with Crippen LogP contribution in [0.25, 0.3) is 0 Å². The summed E-state index contributed by atoms with van der Waals surface area (Å²) in [6, 6.07) is -3.79. The second-order valence-corrected chi connectivity index (χ2v) is 14.1. The monoisotopic (exact) mass is 768 g/mol. The summed E-state index contributed by atoms with van der Waals surface area (Å²) in [4.78, 5) is 12.3. The molecule has 48 heavy (non-hydrogen) atoms. The number of rotatable bonds is 14. The van der Waals surface area contributed by atoms with Gasteiger partial charge in [-0.05, 0) is 6.92 Å². The molecule has 282 valence electrons. The van der Waals surface area contributed by atoms with Gasteiger partial charge in [-0.15, -0.1) is 0 Å². The first-order valence-electron chi connectivity index (χ1n) is 13.5. The van der Waals surface area contributed by atoms with E-state index in [1.165, 1.54) is 6.92 Å². The van der Waals surface area contributed by atoms with E-state index in [0.717, 1.165) is 7.11 Å². The van der Waals surface area contributed by atoms with Crippen LogP contribution in [0.15, 0.2) is 0 Å². The average molecular weight is 769 g/mol. The van der Waals surface area contributed by atoms with Gasteiger partial charge in [0.15, 0.2) is 24.8 Å². The maximum absolute atomic E-state index is 12.3. The van der Waals surface area contributed by atoms with E-state index in [9.17, 15) is 74.3 Å². The molecular formula is C20H36N2O23S3. The quantitative estimate of drug-likeness (QED) is 0.0731. The lowest BCUT2D eigenvalue weighted by atomic mass is 9.93. The van der Waals surface area contributed by atoms with E-state index in [2.05, 4.69) is 4.18 Å². The molecule has 6 unspecified atom stereocenters. The number of ether oxygens (including phenoxy) is 6. The number of hydrogen-bond donors (Lipinski definition) is 11. The summed E-state index contributed by atoms with van der Waals surface area (Å²) in [6.07, 6.45) is -26.6. The number of carboxylic acids is 1. The Morgan fingerprint density at radius 1 is 0.708 bits per heavy atom. The third-order valence-electron chi connectivity index (χ3n) is 7.42. The van der Waals surface area contributed by atoms with Crippen molar-refractivity contribution in [3.8, 4) is 0 Å². The number of aliphatic hydroxyl groups excluding tert-OH is 5. The Morgan fingerprint density at radius 3 is 1.69 bits per heavy atom. The number of methoxy groups -OCH3 is 1. The van der Waals surface area contributed by atoms with Crippen molar-refractivity contribution in [2.24, 2.45) is 0 Å². The summed E-state index contributed by atoms with van der Waals surface area (Å²) < 4.78 is 137. The lowest BCUT2D eigenvalue weighted by molar-refractivity contribution is -0.353. The summed E-state index contributed by atoms with van der Waals surface area (Å²) in [6.45, 7) is -0.687. The first kappa shape index (κ1) is 41.1. The molecule has 3 fully saturated rings. The summed E-state index contributed by atoms with van der Waals surface area (Å²) >= 11 is 0. The fraction of sp³-hybridized carbons (Fsp3) is 0.950. The van der Waals surface area contributed by atoms with Crippen LogP contribution in [0, 0.1) is 0 Å². The van der Waals surface area contributed by atoms with Crippen LogP contribution in [0.2, 0.25) is 0 Å². The lowest BCUT2D eigenvalue weighted by Gasteiger charge is -2.49. The molecule has 0 aliphatic carbocycles. The second kappa shape index (κ2) is 15.9. The Labute approximate surface area is 272 Å². The highest BCUT2D eigenvalue weighted by Gasteiger charge is 2.57. The number of aliphatic hydroxyl groups is 5. The molecule has 0 aromatic carbocycles. The normalized spacial score (nSPS) is 41.6. The van der Waals surface area contributed by atoms with Gasteiger partial charge < -0.3 is 59.1 Å². The SMILES string of the molecule is CO[C@@H]1C(CO)O[C@H](O[C@H]2C(O)C(OS(=O)(=O)O)[C@H](O[C@@H]3C(CO)O[C@@H](C)[C@@H](NS(=O)(=O)O)C3O)O[C@H]2C(=O)O)[C@@H](NS(=O)(=O)O)C1O. The Morgan fingerprint density at radius 2 is 1.21 bits per heavy atom. The molecule has 3 aliphatic rings. The Balaban J connectivity index is 2.02. The van der Waals surface area contributed by atoms with E-state index < -0.39 is 142 Å². The Hall–Kier alpha value is -1.36. The molecule has 0 saturated carbocycles. The third kappa shape index (κ3) is 10.1. The molecule has 28 heteroatoms. The molecule has 0 spiro atoms. The minimum atomic E-state index is -5.60. The highest BCUT2D eigenvalue weighted by molar-refractivity contribution is 7.84. The zero-order valence-corrected chi connectivity index (χ0v) is 27.0. The van der Waals surface area contributed by atoms with Gasteiger partial charge in [0.05, 0.1) is 25.4 Å². The van der Waals surface area contributed by atoms with Crippen LogP contribution in [0.3, 0.4) is 0 Å². The van der Waals surface area contributed by atoms with Gasteiger partial charge >= 0.3 is 37.0 Å². The number of carboxylic acid groups (broad SMARTS) is 1. The van der Waals surface area contributed by atoms with E-state index in [4.69, 9.17) is 28.4 Å². The summed E-state index contributed by atoms with van der Waals surface area (Å²) in [5.41, 5.74) is 0. The minimum absolute atomic E-state index is 0.922. The lowest BCUT2D eigenvalue weighted by Crippen LogP contribution is -2.69. The number of aliphatic carboxylic acids is 1. The van der Waals surface area contributed by atoms with Gasteiger partial charge in [0.25, 0.3) is 0 Å². The van der Waals surface area contributed by atoms with Crippen molar-refractivity contribution in [3.63, 3.8) is 0 Å². The minimum Gasteiger partial charge on any atom is -0.479 e. The molecule has 11 N–H and O–H groups in total. The molecule has 25 nitrogen and oxygen atoms in total. The highest BCUT2D eigenvalue weighted by atomic mass is 32.3. The van der Waals surface area contributed by atoms with Crippen LogP contribution in [0.4, 0.5) is 0 Å². The van der Waals surface area contributed by atoms with Crippen LogP contribution >= 0.6 is 0 Å². The highest BCUT2D eigenvalue weighted by Crippen LogP contribution is 2.34. The Bertz CT molecular complexity index is 1430. The predicted molar refractivity (Wildman–Crippen MR) is 145 cm³/mol. The molecule has 0 amide bonds. The van der Waals surface area contributed by atoms with E-state index in [1.54, 1.807) is 9.44 Å². The van der Waals surface area contributed by atoms with Crippen LogP contribution in [-0.4, -0.2) is 188 Å². The van der Waals surface area contributed by atoms with Crippen molar-refractivity contribution in [2.45, 2.75) is 98.7 Å². The van der Waals surface area contributed by atoms with Crippen molar-refractivity contribution in [1.29, 1.82) is 0 Å². The van der Waals surface area contributed by atoms with Crippen LogP contribution < -0.4 is 9.44 Å². The van der Waals surface area contributed by atoms with Gasteiger partial charge in [-0.25, -0.2) is 8.98 Å². The van der Waals surface area contributed by atoms with Gasteiger partial charge in [-0.2, -0.15) is 34.7 Å². The van der Waals surface area contributed by atoms with Gasteiger partial charge in [-0.3, -0.25) is 13.7 Å². The first-order valence-corrected chi connectivity index (χ1v) is 17.7. The van der Waals surface area contributed by atoms with E-state index in [0.29, 0.717) is 0 Å². The average Bonchev–Trinajstić information content (AvgIpc) is 2.95. The van der Waals surface area contributed by atoms with E-state index >= 15 is 0 Å². The molecule has 15 atom stereocenters. The van der Waals surface area contributed by atoms with Crippen LogP contribution in [-0.2, 0) is 68.4 Å². The largest absolute Gasteiger partial charge is 0.479 e. The van der Waals surface area contributed by atoms with Gasteiger partial charge in [-0.1, -0.05) is 0 Å². The molecule has 0 bridgehead atoms. The smallest absolute Gasteiger partial charge is 0.397 e. The fourth-order valence-corrected chi connectivity index (χ4v) is 7.16. The first-order chi connectivity index (χ1) is 22.0. The molecule has 3 aliphatic heterocycles. The van der Waals surface area contributed by atoms with Crippen molar-refractivity contribution in [1.82, 2.24) is 9.44 Å². The fourth-order valence-electron chi connectivity index (χ4n) is 5.40. The zero-order valence-electron chi connectivity index (χ0n) is 24.5. The van der Waals surface area contributed by atoms with Gasteiger partial charge in [0.2, 0.25) is 0 Å². The molecule has 0 radical (unpaired) electrons. The number of hydrogen-bond acceptors (Lipinski definition) is 19. The topological polar surface area (TPSA) is 390 Å². The zero-order chi connectivity index (χ0) is 36.5. The summed E-state index contributed by atoms with van der Waals surface area (Å²) in [5.74, 6) is -2.00. The van der Waals surface area contributed by atoms with E-state index in [1.807, 2.05) is 0 Å². The van der Waals surface area contributed by atoms with Gasteiger partial charge in [0.1, 0.15) is 54.9 Å². The summed E-state index contributed by atoms with van der Waals surface area (Å²) in [7, 11) is -14.8. The molecule has 3 heterocycles. The maximum Gasteiger partial charge on any atom is 0.397 e. The number of carbonyl (C=O) groups is 1. The molecule has 0 aromatic heterocycles. The predicted octanol–water partition coefficient (Wildman–Crippen LogP) is -7.13. The Kier molecular flexibility index (Phi) is 13.6. The van der Waals surface area contributed by atoms with Crippen molar-refractivity contribution >= 4 is 37.0 Å². The van der Waals surface area contributed by atoms with Crippen molar-refractivity contribution < 1.29 is 107 Å². The summed E-state index contributed by atoms with van der Waals surface area (Å²) in [5, 5.41) is 62.3. The molecule has 0 aromatic rings. The molecule has 3 rings (SSSR count). The standard InChI is InChI=1S/C20H36N2O23S3/c1-5-8(21-46(30,31)32)10(25)14(7(4-24)40-5)42-20-16(45-48(36,37)38)12(27)15(17(44-20)18(28)29)43-19-9(22-47(33,34)35)11(26)13(39-2)6(3-23)41-19/h5-17,19-27H,3-4H2,1-2H3,(H,28,29)(H,30,31,32)(H,33,34,35)(H,36,37,38)/t5-,6?,7?,8+,9-,10?,11?,12?,13+,14+,15-,16?,17+,19+,20+/m0/s1. The van der Waals surface area contributed by atoms with Crippen LogP contribution in [0.5, 0.6) is 0 Å². The maximum atomic E-state index is 12.3. The van der Waals surface area contributed by atoms with Crippen LogP contribution in [0.1, 0.15) is 6.92 Å². The molecule has 3 saturated heterocycles.